The Morgan fingerprint density at radius 1 is 0.889 bits per heavy atom. The van der Waals surface area contributed by atoms with Gasteiger partial charge in [0.15, 0.2) is 11.8 Å². The maximum absolute atomic E-state index is 10.1. The van der Waals surface area contributed by atoms with Gasteiger partial charge in [0.1, 0.15) is 0 Å². The Morgan fingerprint density at radius 2 is 1.44 bits per heavy atom. The Hall–Kier alpha value is -2.24. The van der Waals surface area contributed by atoms with Gasteiger partial charge in [-0.3, -0.25) is 9.13 Å². The first kappa shape index (κ1) is 10.9. The van der Waals surface area contributed by atoms with E-state index in [1.807, 2.05) is 0 Å². The summed E-state index contributed by atoms with van der Waals surface area (Å²) in [6.07, 6.45) is 0.303. The zero-order valence-electron chi connectivity index (χ0n) is 10.1. The SMILES string of the molecule is CCn1c(O)c2c(c1O)-c1c(c(O)n(C)c1O)C2. The molecule has 0 saturated heterocycles. The summed E-state index contributed by atoms with van der Waals surface area (Å²) in [6.45, 7) is 2.23. The van der Waals surface area contributed by atoms with Crippen molar-refractivity contribution in [1.82, 2.24) is 9.13 Å². The van der Waals surface area contributed by atoms with E-state index in [0.717, 1.165) is 0 Å². The molecule has 4 N–H and O–H groups in total. The molecule has 0 bridgehead atoms. The lowest BCUT2D eigenvalue weighted by atomic mass is 10.2. The monoisotopic (exact) mass is 250 g/mol. The minimum atomic E-state index is -0.107. The van der Waals surface area contributed by atoms with Crippen molar-refractivity contribution in [3.8, 4) is 34.6 Å². The highest BCUT2D eigenvalue weighted by Gasteiger charge is 2.36. The minimum absolute atomic E-state index is 0.0114. The van der Waals surface area contributed by atoms with Crippen molar-refractivity contribution in [2.45, 2.75) is 19.9 Å². The second-order valence-corrected chi connectivity index (χ2v) is 4.48. The third-order valence-electron chi connectivity index (χ3n) is 3.66. The molecule has 1 aliphatic rings. The highest BCUT2D eigenvalue weighted by atomic mass is 16.3. The lowest BCUT2D eigenvalue weighted by Crippen LogP contribution is -1.93. The van der Waals surface area contributed by atoms with Crippen LogP contribution in [-0.2, 0) is 20.0 Å². The van der Waals surface area contributed by atoms with Crippen LogP contribution in [0.15, 0.2) is 0 Å². The molecule has 0 fully saturated rings. The van der Waals surface area contributed by atoms with Crippen LogP contribution in [0.2, 0.25) is 0 Å². The van der Waals surface area contributed by atoms with Gasteiger partial charge in [-0.1, -0.05) is 0 Å². The highest BCUT2D eigenvalue weighted by molar-refractivity contribution is 5.88. The van der Waals surface area contributed by atoms with E-state index in [0.29, 0.717) is 35.2 Å². The highest BCUT2D eigenvalue weighted by Crippen LogP contribution is 2.55. The van der Waals surface area contributed by atoms with Crippen LogP contribution >= 0.6 is 0 Å². The van der Waals surface area contributed by atoms with Gasteiger partial charge in [0.25, 0.3) is 0 Å². The maximum atomic E-state index is 10.1. The Labute approximate surface area is 103 Å². The molecule has 0 atom stereocenters. The van der Waals surface area contributed by atoms with Crippen molar-refractivity contribution >= 4 is 0 Å². The summed E-state index contributed by atoms with van der Waals surface area (Å²) in [5.74, 6) is -0.238. The lowest BCUT2D eigenvalue weighted by Gasteiger charge is -2.03. The van der Waals surface area contributed by atoms with Crippen LogP contribution in [0.1, 0.15) is 18.1 Å². The molecular weight excluding hydrogens is 236 g/mol. The molecule has 0 aromatic carbocycles. The number of hydrogen-bond acceptors (Lipinski definition) is 4. The van der Waals surface area contributed by atoms with Crippen LogP contribution in [0.4, 0.5) is 0 Å². The fourth-order valence-electron chi connectivity index (χ4n) is 2.70. The Bertz CT molecular complexity index is 667. The zero-order chi connectivity index (χ0) is 13.2. The Kier molecular flexibility index (Phi) is 1.91. The molecule has 0 amide bonds. The Morgan fingerprint density at radius 3 is 2.06 bits per heavy atom. The van der Waals surface area contributed by atoms with Crippen LogP contribution in [0.3, 0.4) is 0 Å². The van der Waals surface area contributed by atoms with E-state index in [-0.39, 0.29) is 23.5 Å². The zero-order valence-corrected chi connectivity index (χ0v) is 10.1. The second-order valence-electron chi connectivity index (χ2n) is 4.48. The van der Waals surface area contributed by atoms with E-state index in [9.17, 15) is 20.4 Å². The van der Waals surface area contributed by atoms with Gasteiger partial charge in [0.2, 0.25) is 11.8 Å². The summed E-state index contributed by atoms with van der Waals surface area (Å²) >= 11 is 0. The minimum Gasteiger partial charge on any atom is -0.494 e. The van der Waals surface area contributed by atoms with E-state index in [2.05, 4.69) is 0 Å². The molecule has 0 unspecified atom stereocenters. The first-order valence-corrected chi connectivity index (χ1v) is 5.72. The predicted molar refractivity (Wildman–Crippen MR) is 64.0 cm³/mol. The van der Waals surface area contributed by atoms with E-state index in [4.69, 9.17) is 0 Å². The third-order valence-corrected chi connectivity index (χ3v) is 3.66. The largest absolute Gasteiger partial charge is 0.494 e. The van der Waals surface area contributed by atoms with Crippen molar-refractivity contribution in [1.29, 1.82) is 0 Å². The molecule has 0 saturated carbocycles. The average Bonchev–Trinajstić information content (AvgIpc) is 2.90. The van der Waals surface area contributed by atoms with Gasteiger partial charge in [-0.15, -0.1) is 0 Å². The van der Waals surface area contributed by atoms with Gasteiger partial charge < -0.3 is 20.4 Å². The topological polar surface area (TPSA) is 90.8 Å². The van der Waals surface area contributed by atoms with Gasteiger partial charge in [-0.05, 0) is 6.92 Å². The van der Waals surface area contributed by atoms with Crippen LogP contribution in [0, 0.1) is 0 Å². The summed E-state index contributed by atoms with van der Waals surface area (Å²) in [5.41, 5.74) is 1.90. The Balaban J connectivity index is 2.37. The summed E-state index contributed by atoms with van der Waals surface area (Å²) in [4.78, 5) is 0. The number of rotatable bonds is 1. The first-order valence-electron chi connectivity index (χ1n) is 5.72. The molecule has 2 aromatic heterocycles. The van der Waals surface area contributed by atoms with Gasteiger partial charge in [0, 0.05) is 31.1 Å². The van der Waals surface area contributed by atoms with Crippen molar-refractivity contribution in [2.75, 3.05) is 0 Å². The van der Waals surface area contributed by atoms with Crippen LogP contribution in [-0.4, -0.2) is 29.6 Å². The van der Waals surface area contributed by atoms with Crippen LogP contribution in [0.25, 0.3) is 11.1 Å². The molecule has 1 aliphatic carbocycles. The quantitative estimate of drug-likeness (QED) is 0.523. The normalized spacial score (nSPS) is 12.8. The fourth-order valence-corrected chi connectivity index (χ4v) is 2.70. The van der Waals surface area contributed by atoms with Crippen molar-refractivity contribution in [2.24, 2.45) is 7.05 Å². The van der Waals surface area contributed by atoms with E-state index in [1.165, 1.54) is 16.2 Å². The van der Waals surface area contributed by atoms with Gasteiger partial charge in [0.05, 0.1) is 11.1 Å². The lowest BCUT2D eigenvalue weighted by molar-refractivity contribution is 0.372. The predicted octanol–water partition coefficient (Wildman–Crippen LogP) is 1.24. The number of aromatic hydroxyl groups is 4. The molecule has 2 aromatic rings. The average molecular weight is 250 g/mol. The van der Waals surface area contributed by atoms with Crippen molar-refractivity contribution < 1.29 is 20.4 Å². The van der Waals surface area contributed by atoms with Crippen molar-refractivity contribution in [3.05, 3.63) is 11.1 Å². The smallest absolute Gasteiger partial charge is 0.202 e. The number of aromatic nitrogens is 2. The molecule has 0 radical (unpaired) electrons. The summed E-state index contributed by atoms with van der Waals surface area (Å²) in [7, 11) is 1.54. The first-order chi connectivity index (χ1) is 8.49. The molecule has 6 heteroatoms. The molecule has 6 nitrogen and oxygen atoms in total. The van der Waals surface area contributed by atoms with E-state index < -0.39 is 0 Å². The summed E-state index contributed by atoms with van der Waals surface area (Å²) in [6, 6.07) is 0. The van der Waals surface area contributed by atoms with E-state index >= 15 is 0 Å². The van der Waals surface area contributed by atoms with Gasteiger partial charge in [-0.2, -0.15) is 0 Å². The van der Waals surface area contributed by atoms with Crippen LogP contribution < -0.4 is 0 Å². The third kappa shape index (κ3) is 0.982. The fraction of sp³-hybridized carbons (Fsp3) is 0.333. The summed E-state index contributed by atoms with van der Waals surface area (Å²) in [5, 5.41) is 40.0. The summed E-state index contributed by atoms with van der Waals surface area (Å²) < 4.78 is 2.63. The number of nitrogens with zero attached hydrogens (tertiary/aromatic N) is 2. The van der Waals surface area contributed by atoms with Crippen LogP contribution in [0.5, 0.6) is 23.5 Å². The standard InChI is InChI=1S/C12H14N2O4/c1-3-14-10(16)6-4-5-7(8(6)12(14)18)11(17)13(2)9(5)15/h15-18H,3-4H2,1-2H3. The molecule has 18 heavy (non-hydrogen) atoms. The molecule has 0 aliphatic heterocycles. The number of fused-ring (bicyclic) bond motifs is 3. The van der Waals surface area contributed by atoms with E-state index in [1.54, 1.807) is 6.92 Å². The molecular formula is C12H14N2O4. The molecule has 2 heterocycles. The van der Waals surface area contributed by atoms with Gasteiger partial charge >= 0.3 is 0 Å². The van der Waals surface area contributed by atoms with Crippen molar-refractivity contribution in [3.63, 3.8) is 0 Å². The molecule has 96 valence electrons. The maximum Gasteiger partial charge on any atom is 0.202 e. The molecule has 3 rings (SSSR count). The van der Waals surface area contributed by atoms with Gasteiger partial charge in [-0.25, -0.2) is 0 Å². The second kappa shape index (κ2) is 3.16. The molecule has 0 spiro atoms. The number of hydrogen-bond donors (Lipinski definition) is 4.